The molecule has 1 fully saturated rings. The van der Waals surface area contributed by atoms with Crippen LogP contribution in [-0.4, -0.2) is 34.8 Å². The van der Waals surface area contributed by atoms with Crippen molar-refractivity contribution in [3.8, 4) is 0 Å². The Labute approximate surface area is 113 Å². The van der Waals surface area contributed by atoms with Crippen LogP contribution in [-0.2, 0) is 16.0 Å². The molecule has 2 amide bonds. The molecular weight excluding hydrogens is 244 g/mol. The van der Waals surface area contributed by atoms with E-state index in [0.29, 0.717) is 19.4 Å². The van der Waals surface area contributed by atoms with Crippen molar-refractivity contribution in [1.82, 2.24) is 10.2 Å². The maximum absolute atomic E-state index is 12.4. The molecule has 0 bridgehead atoms. The maximum Gasteiger partial charge on any atom is 0.248 e. The lowest BCUT2D eigenvalue weighted by atomic mass is 9.95. The number of carbonyl (C=O) groups is 2. The Balaban J connectivity index is 2.13. The van der Waals surface area contributed by atoms with Crippen molar-refractivity contribution in [1.29, 1.82) is 0 Å². The monoisotopic (exact) mass is 264 g/mol. The molecule has 2 heterocycles. The quantitative estimate of drug-likeness (QED) is 0.892. The summed E-state index contributed by atoms with van der Waals surface area (Å²) in [5.74, 6) is 0.712. The van der Waals surface area contributed by atoms with Gasteiger partial charge in [-0.25, -0.2) is 0 Å². The van der Waals surface area contributed by atoms with Crippen LogP contribution in [0.1, 0.15) is 33.0 Å². The average molecular weight is 264 g/mol. The van der Waals surface area contributed by atoms with Crippen LogP contribution < -0.4 is 5.32 Å². The van der Waals surface area contributed by atoms with Crippen LogP contribution in [0, 0.1) is 0 Å². The van der Waals surface area contributed by atoms with Gasteiger partial charge in [-0.1, -0.05) is 6.92 Å². The van der Waals surface area contributed by atoms with Crippen molar-refractivity contribution < 1.29 is 14.0 Å². The zero-order valence-corrected chi connectivity index (χ0v) is 11.6. The summed E-state index contributed by atoms with van der Waals surface area (Å²) in [6.45, 7) is 5.88. The smallest absolute Gasteiger partial charge is 0.248 e. The first-order valence-electron chi connectivity index (χ1n) is 6.61. The minimum atomic E-state index is -0.827. The fourth-order valence-corrected chi connectivity index (χ4v) is 2.44. The van der Waals surface area contributed by atoms with Crippen LogP contribution in [0.2, 0.25) is 0 Å². The summed E-state index contributed by atoms with van der Waals surface area (Å²) in [5.41, 5.74) is -0.827. The van der Waals surface area contributed by atoms with E-state index in [1.54, 1.807) is 25.0 Å². The second kappa shape index (κ2) is 5.07. The second-order valence-corrected chi connectivity index (χ2v) is 5.37. The lowest BCUT2D eigenvalue weighted by Crippen LogP contribution is -2.68. The largest absolute Gasteiger partial charge is 0.469 e. The molecule has 0 spiro atoms. The highest BCUT2D eigenvalue weighted by molar-refractivity contribution is 5.99. The SMILES string of the molecule is CCC1C(=O)NC(C)(C)C(=O)N1CCc1ccco1. The number of hydrogen-bond acceptors (Lipinski definition) is 3. The molecular formula is C14H20N2O3. The van der Waals surface area contributed by atoms with Crippen LogP contribution in [0.4, 0.5) is 0 Å². The van der Waals surface area contributed by atoms with Crippen LogP contribution >= 0.6 is 0 Å². The number of nitrogens with one attached hydrogen (secondary N) is 1. The van der Waals surface area contributed by atoms with E-state index in [9.17, 15) is 9.59 Å². The zero-order valence-electron chi connectivity index (χ0n) is 11.6. The van der Waals surface area contributed by atoms with Crippen LogP contribution in [0.5, 0.6) is 0 Å². The summed E-state index contributed by atoms with van der Waals surface area (Å²) in [7, 11) is 0. The third-order valence-electron chi connectivity index (χ3n) is 3.48. The number of amides is 2. The molecule has 0 radical (unpaired) electrons. The van der Waals surface area contributed by atoms with Crippen molar-refractivity contribution in [2.45, 2.75) is 45.2 Å². The first-order valence-corrected chi connectivity index (χ1v) is 6.61. The molecule has 0 aromatic carbocycles. The number of hydrogen-bond donors (Lipinski definition) is 1. The molecule has 1 N–H and O–H groups in total. The molecule has 1 saturated heterocycles. The number of nitrogens with zero attached hydrogens (tertiary/aromatic N) is 1. The number of piperazine rings is 1. The molecule has 0 aliphatic carbocycles. The van der Waals surface area contributed by atoms with E-state index in [0.717, 1.165) is 5.76 Å². The Morgan fingerprint density at radius 3 is 2.74 bits per heavy atom. The van der Waals surface area contributed by atoms with Gasteiger partial charge in [0.05, 0.1) is 6.26 Å². The normalized spacial score (nSPS) is 22.5. The molecule has 5 heteroatoms. The summed E-state index contributed by atoms with van der Waals surface area (Å²) in [6, 6.07) is 3.32. The molecule has 1 aromatic rings. The predicted molar refractivity (Wildman–Crippen MR) is 70.4 cm³/mol. The standard InChI is InChI=1S/C14H20N2O3/c1-4-11-12(17)15-14(2,3)13(18)16(11)8-7-10-6-5-9-19-10/h5-6,9,11H,4,7-8H2,1-3H3,(H,15,17). The highest BCUT2D eigenvalue weighted by Gasteiger charge is 2.44. The second-order valence-electron chi connectivity index (χ2n) is 5.37. The summed E-state index contributed by atoms with van der Waals surface area (Å²) < 4.78 is 5.27. The minimum absolute atomic E-state index is 0.0366. The summed E-state index contributed by atoms with van der Waals surface area (Å²) in [4.78, 5) is 26.1. The van der Waals surface area contributed by atoms with Gasteiger partial charge in [0.1, 0.15) is 17.3 Å². The van der Waals surface area contributed by atoms with E-state index in [1.807, 2.05) is 19.1 Å². The van der Waals surface area contributed by atoms with Gasteiger partial charge >= 0.3 is 0 Å². The minimum Gasteiger partial charge on any atom is -0.469 e. The zero-order chi connectivity index (χ0) is 14.0. The van der Waals surface area contributed by atoms with E-state index < -0.39 is 5.54 Å². The van der Waals surface area contributed by atoms with Gasteiger partial charge in [0, 0.05) is 13.0 Å². The molecule has 1 unspecified atom stereocenters. The van der Waals surface area contributed by atoms with Gasteiger partial charge in [0.15, 0.2) is 0 Å². The molecule has 104 valence electrons. The van der Waals surface area contributed by atoms with Crippen LogP contribution in [0.25, 0.3) is 0 Å². The Morgan fingerprint density at radius 1 is 1.42 bits per heavy atom. The van der Waals surface area contributed by atoms with Gasteiger partial charge in [0.2, 0.25) is 11.8 Å². The van der Waals surface area contributed by atoms with E-state index >= 15 is 0 Å². The van der Waals surface area contributed by atoms with Crippen molar-refractivity contribution in [3.05, 3.63) is 24.2 Å². The molecule has 5 nitrogen and oxygen atoms in total. The van der Waals surface area contributed by atoms with Crippen molar-refractivity contribution in [2.24, 2.45) is 0 Å². The van der Waals surface area contributed by atoms with Gasteiger partial charge in [-0.3, -0.25) is 9.59 Å². The summed E-state index contributed by atoms with van der Waals surface area (Å²) >= 11 is 0. The Bertz CT molecular complexity index is 465. The molecule has 0 saturated carbocycles. The van der Waals surface area contributed by atoms with Crippen molar-refractivity contribution in [2.75, 3.05) is 6.54 Å². The van der Waals surface area contributed by atoms with E-state index in [2.05, 4.69) is 5.32 Å². The molecule has 1 atom stereocenters. The molecule has 1 aromatic heterocycles. The van der Waals surface area contributed by atoms with E-state index in [-0.39, 0.29) is 17.9 Å². The predicted octanol–water partition coefficient (Wildman–Crippen LogP) is 1.34. The maximum atomic E-state index is 12.4. The van der Waals surface area contributed by atoms with Crippen LogP contribution in [0.3, 0.4) is 0 Å². The van der Waals surface area contributed by atoms with Crippen molar-refractivity contribution in [3.63, 3.8) is 0 Å². The fraction of sp³-hybridized carbons (Fsp3) is 0.571. The van der Waals surface area contributed by atoms with Gasteiger partial charge in [-0.2, -0.15) is 0 Å². The lowest BCUT2D eigenvalue weighted by Gasteiger charge is -2.42. The summed E-state index contributed by atoms with van der Waals surface area (Å²) in [5, 5.41) is 2.78. The van der Waals surface area contributed by atoms with Gasteiger partial charge in [0.25, 0.3) is 0 Å². The van der Waals surface area contributed by atoms with Gasteiger partial charge < -0.3 is 14.6 Å². The lowest BCUT2D eigenvalue weighted by molar-refractivity contribution is -0.153. The Morgan fingerprint density at radius 2 is 2.16 bits per heavy atom. The third kappa shape index (κ3) is 2.64. The molecule has 2 rings (SSSR count). The van der Waals surface area contributed by atoms with Crippen LogP contribution in [0.15, 0.2) is 22.8 Å². The van der Waals surface area contributed by atoms with Gasteiger partial charge in [-0.15, -0.1) is 0 Å². The number of rotatable bonds is 4. The van der Waals surface area contributed by atoms with E-state index in [1.165, 1.54) is 0 Å². The summed E-state index contributed by atoms with van der Waals surface area (Å²) in [6.07, 6.45) is 2.85. The molecule has 19 heavy (non-hydrogen) atoms. The Kier molecular flexibility index (Phi) is 3.64. The number of carbonyl (C=O) groups excluding carboxylic acids is 2. The Hall–Kier alpha value is -1.78. The van der Waals surface area contributed by atoms with Crippen molar-refractivity contribution >= 4 is 11.8 Å². The average Bonchev–Trinajstić information content (AvgIpc) is 2.84. The third-order valence-corrected chi connectivity index (χ3v) is 3.48. The fourth-order valence-electron chi connectivity index (χ4n) is 2.44. The molecule has 1 aliphatic rings. The number of furan rings is 1. The highest BCUT2D eigenvalue weighted by atomic mass is 16.3. The molecule has 1 aliphatic heterocycles. The first kappa shape index (κ1) is 13.6. The van der Waals surface area contributed by atoms with Gasteiger partial charge in [-0.05, 0) is 32.4 Å². The topological polar surface area (TPSA) is 62.6 Å². The highest BCUT2D eigenvalue weighted by Crippen LogP contribution is 2.20. The van der Waals surface area contributed by atoms with E-state index in [4.69, 9.17) is 4.42 Å². The first-order chi connectivity index (χ1) is 8.95.